The van der Waals surface area contributed by atoms with Gasteiger partial charge in [-0.2, -0.15) is 0 Å². The molecule has 2 aromatic carbocycles. The van der Waals surface area contributed by atoms with E-state index in [1.54, 1.807) is 17.4 Å². The van der Waals surface area contributed by atoms with Crippen molar-refractivity contribution >= 4 is 55.0 Å². The van der Waals surface area contributed by atoms with E-state index in [4.69, 9.17) is 4.74 Å². The number of rotatable bonds is 7. The molecule has 0 aliphatic rings. The van der Waals surface area contributed by atoms with Crippen molar-refractivity contribution in [1.82, 2.24) is 4.98 Å². The number of fused-ring (bicyclic) bond motifs is 1. The van der Waals surface area contributed by atoms with E-state index in [2.05, 4.69) is 26.2 Å². The molecule has 1 amide bonds. The number of benzene rings is 2. The number of aryl methyl sites for hydroxylation is 2. The smallest absolute Gasteiger partial charge is 0.306 e. The molecule has 0 unspecified atom stereocenters. The van der Waals surface area contributed by atoms with Crippen molar-refractivity contribution in [3.05, 3.63) is 57.5 Å². The second-order valence-electron chi connectivity index (χ2n) is 6.10. The number of halogens is 1. The Bertz CT molecular complexity index is 938. The number of hydrogen-bond acceptors (Lipinski definition) is 5. The lowest BCUT2D eigenvalue weighted by molar-refractivity contribution is -0.147. The first-order valence-electron chi connectivity index (χ1n) is 8.57. The highest BCUT2D eigenvalue weighted by molar-refractivity contribution is 9.10. The van der Waals surface area contributed by atoms with Gasteiger partial charge in [0.15, 0.2) is 6.61 Å². The summed E-state index contributed by atoms with van der Waals surface area (Å²) in [5.74, 6) is -0.723. The summed E-state index contributed by atoms with van der Waals surface area (Å²) in [6.07, 6.45) is 1.63. The lowest BCUT2D eigenvalue weighted by Crippen LogP contribution is -2.21. The Hall–Kier alpha value is -2.25. The molecule has 140 valence electrons. The van der Waals surface area contributed by atoms with Gasteiger partial charge in [-0.15, -0.1) is 11.3 Å². The van der Waals surface area contributed by atoms with Crippen LogP contribution in [0.4, 0.5) is 5.69 Å². The second kappa shape index (κ2) is 9.10. The number of hydrogen-bond donors (Lipinski definition) is 1. The molecule has 0 radical (unpaired) electrons. The molecular weight excluding hydrogens is 428 g/mol. The van der Waals surface area contributed by atoms with Crippen LogP contribution >= 0.6 is 27.3 Å². The predicted octanol–water partition coefficient (Wildman–Crippen LogP) is 4.87. The minimum absolute atomic E-state index is 0.264. The van der Waals surface area contributed by atoms with Crippen LogP contribution in [0.5, 0.6) is 0 Å². The zero-order valence-electron chi connectivity index (χ0n) is 14.8. The third-order valence-electron chi connectivity index (χ3n) is 3.94. The molecule has 0 aliphatic heterocycles. The minimum Gasteiger partial charge on any atom is -0.456 e. The van der Waals surface area contributed by atoms with Gasteiger partial charge in [0.1, 0.15) is 0 Å². The molecular formula is C20H19BrN2O3S. The maximum Gasteiger partial charge on any atom is 0.306 e. The van der Waals surface area contributed by atoms with Crippen molar-refractivity contribution in [2.24, 2.45) is 0 Å². The summed E-state index contributed by atoms with van der Waals surface area (Å²) in [7, 11) is 0. The first kappa shape index (κ1) is 19.5. The molecule has 3 aromatic rings. The average molecular weight is 447 g/mol. The maximum atomic E-state index is 11.9. The van der Waals surface area contributed by atoms with Gasteiger partial charge in [-0.25, -0.2) is 4.98 Å². The molecule has 1 N–H and O–H groups in total. The lowest BCUT2D eigenvalue weighted by atomic mass is 10.2. The van der Waals surface area contributed by atoms with Crippen molar-refractivity contribution in [3.8, 4) is 0 Å². The topological polar surface area (TPSA) is 68.3 Å². The van der Waals surface area contributed by atoms with Crippen LogP contribution in [0.1, 0.15) is 23.4 Å². The van der Waals surface area contributed by atoms with Crippen molar-refractivity contribution in [2.45, 2.75) is 26.2 Å². The van der Waals surface area contributed by atoms with Crippen LogP contribution in [0.2, 0.25) is 0 Å². The Morgan fingerprint density at radius 2 is 2.04 bits per heavy atom. The van der Waals surface area contributed by atoms with Crippen molar-refractivity contribution < 1.29 is 14.3 Å². The van der Waals surface area contributed by atoms with Gasteiger partial charge >= 0.3 is 5.97 Å². The number of ether oxygens (including phenoxy) is 1. The minimum atomic E-state index is -0.376. The van der Waals surface area contributed by atoms with Crippen LogP contribution < -0.4 is 5.32 Å². The molecule has 3 rings (SSSR count). The fourth-order valence-corrected chi connectivity index (χ4v) is 4.07. The number of amides is 1. The van der Waals surface area contributed by atoms with E-state index in [1.807, 2.05) is 43.3 Å². The highest BCUT2D eigenvalue weighted by Gasteiger charge is 2.10. The quantitative estimate of drug-likeness (QED) is 0.525. The summed E-state index contributed by atoms with van der Waals surface area (Å²) in [4.78, 5) is 28.3. The van der Waals surface area contributed by atoms with E-state index in [9.17, 15) is 9.59 Å². The SMILES string of the molecule is Cc1cc(Br)ccc1NC(=O)COC(=O)CCCc1nc2ccccc2s1. The van der Waals surface area contributed by atoms with Gasteiger partial charge in [0.05, 0.1) is 15.2 Å². The number of aromatic nitrogens is 1. The molecule has 0 bridgehead atoms. The third kappa shape index (κ3) is 5.61. The van der Waals surface area contributed by atoms with Crippen LogP contribution in [0, 0.1) is 6.92 Å². The summed E-state index contributed by atoms with van der Waals surface area (Å²) < 4.78 is 7.15. The number of para-hydroxylation sites is 1. The van der Waals surface area contributed by atoms with E-state index in [0.29, 0.717) is 12.1 Å². The molecule has 0 spiro atoms. The summed E-state index contributed by atoms with van der Waals surface area (Å²) >= 11 is 5.02. The van der Waals surface area contributed by atoms with E-state index in [-0.39, 0.29) is 24.9 Å². The van der Waals surface area contributed by atoms with E-state index < -0.39 is 0 Å². The van der Waals surface area contributed by atoms with Crippen LogP contribution in [0.25, 0.3) is 10.2 Å². The normalized spacial score (nSPS) is 10.7. The number of thiazole rings is 1. The van der Waals surface area contributed by atoms with Gasteiger partial charge in [0.25, 0.3) is 5.91 Å². The summed E-state index contributed by atoms with van der Waals surface area (Å²) in [6.45, 7) is 1.61. The van der Waals surface area contributed by atoms with Crippen LogP contribution in [0.3, 0.4) is 0 Å². The van der Waals surface area contributed by atoms with Crippen molar-refractivity contribution in [3.63, 3.8) is 0 Å². The fraction of sp³-hybridized carbons (Fsp3) is 0.250. The standard InChI is InChI=1S/C20H19BrN2O3S/c1-13-11-14(21)9-10-15(13)22-18(24)12-26-20(25)8-4-7-19-23-16-5-2-3-6-17(16)27-19/h2-3,5-6,9-11H,4,7-8,12H2,1H3,(H,22,24). The molecule has 0 saturated carbocycles. The predicted molar refractivity (Wildman–Crippen MR) is 111 cm³/mol. The van der Waals surface area contributed by atoms with Gasteiger partial charge in [0.2, 0.25) is 0 Å². The summed E-state index contributed by atoms with van der Waals surface area (Å²) in [5, 5.41) is 3.75. The summed E-state index contributed by atoms with van der Waals surface area (Å²) in [5.41, 5.74) is 2.62. The van der Waals surface area contributed by atoms with E-state index in [0.717, 1.165) is 31.7 Å². The molecule has 7 heteroatoms. The molecule has 0 fully saturated rings. The number of carbonyl (C=O) groups is 2. The molecule has 1 aromatic heterocycles. The Morgan fingerprint density at radius 1 is 1.22 bits per heavy atom. The third-order valence-corrected chi connectivity index (χ3v) is 5.53. The van der Waals surface area contributed by atoms with Gasteiger partial charge in [0, 0.05) is 16.6 Å². The van der Waals surface area contributed by atoms with E-state index >= 15 is 0 Å². The first-order valence-corrected chi connectivity index (χ1v) is 10.2. The monoisotopic (exact) mass is 446 g/mol. The highest BCUT2D eigenvalue weighted by Crippen LogP contribution is 2.23. The van der Waals surface area contributed by atoms with Crippen LogP contribution in [0.15, 0.2) is 46.9 Å². The van der Waals surface area contributed by atoms with Crippen LogP contribution in [-0.2, 0) is 20.7 Å². The molecule has 5 nitrogen and oxygen atoms in total. The van der Waals surface area contributed by atoms with Crippen molar-refractivity contribution in [1.29, 1.82) is 0 Å². The lowest BCUT2D eigenvalue weighted by Gasteiger charge is -2.09. The Kier molecular flexibility index (Phi) is 6.58. The zero-order valence-corrected chi connectivity index (χ0v) is 17.2. The number of anilines is 1. The van der Waals surface area contributed by atoms with Gasteiger partial charge in [-0.1, -0.05) is 28.1 Å². The highest BCUT2D eigenvalue weighted by atomic mass is 79.9. The molecule has 0 atom stereocenters. The van der Waals surface area contributed by atoms with Gasteiger partial charge < -0.3 is 10.1 Å². The number of esters is 1. The molecule has 0 saturated heterocycles. The van der Waals surface area contributed by atoms with Crippen molar-refractivity contribution in [2.75, 3.05) is 11.9 Å². The number of carbonyl (C=O) groups excluding carboxylic acids is 2. The molecule has 0 aliphatic carbocycles. The van der Waals surface area contributed by atoms with Gasteiger partial charge in [-0.05, 0) is 55.7 Å². The number of nitrogens with zero attached hydrogens (tertiary/aromatic N) is 1. The fourth-order valence-electron chi connectivity index (χ4n) is 2.58. The Morgan fingerprint density at radius 3 is 2.81 bits per heavy atom. The Labute approximate surface area is 169 Å². The molecule has 27 heavy (non-hydrogen) atoms. The summed E-state index contributed by atoms with van der Waals surface area (Å²) in [6, 6.07) is 13.5. The van der Waals surface area contributed by atoms with E-state index in [1.165, 1.54) is 0 Å². The molecule has 1 heterocycles. The Balaban J connectivity index is 1.39. The second-order valence-corrected chi connectivity index (χ2v) is 8.13. The zero-order chi connectivity index (χ0) is 19.2. The number of nitrogens with one attached hydrogen (secondary N) is 1. The van der Waals surface area contributed by atoms with Crippen LogP contribution in [-0.4, -0.2) is 23.5 Å². The largest absolute Gasteiger partial charge is 0.456 e. The average Bonchev–Trinajstić information content (AvgIpc) is 3.05. The maximum absolute atomic E-state index is 11.9. The van der Waals surface area contributed by atoms with Gasteiger partial charge in [-0.3, -0.25) is 9.59 Å². The first-order chi connectivity index (χ1) is 13.0.